The first-order chi connectivity index (χ1) is 11.4. The molecule has 24 heavy (non-hydrogen) atoms. The van der Waals surface area contributed by atoms with Crippen LogP contribution in [0.15, 0.2) is 22.7 Å². The van der Waals surface area contributed by atoms with Crippen LogP contribution in [0.3, 0.4) is 0 Å². The number of carbonyl (C=O) groups excluding carboxylic acids is 2. The number of carbonyl (C=O) groups is 2. The number of halogens is 1. The zero-order chi connectivity index (χ0) is 17.7. The van der Waals surface area contributed by atoms with Crippen molar-refractivity contribution < 1.29 is 19.2 Å². The Morgan fingerprint density at radius 2 is 2.04 bits per heavy atom. The van der Waals surface area contributed by atoms with Crippen molar-refractivity contribution in [3.05, 3.63) is 43.9 Å². The summed E-state index contributed by atoms with van der Waals surface area (Å²) >= 11 is 3.37. The third kappa shape index (κ3) is 3.83. The number of benzene rings is 1. The van der Waals surface area contributed by atoms with Gasteiger partial charge in [0.2, 0.25) is 5.78 Å². The first kappa shape index (κ1) is 18.6. The molecule has 0 amide bonds. The van der Waals surface area contributed by atoms with Gasteiger partial charge in [0.05, 0.1) is 19.1 Å². The first-order valence-corrected chi connectivity index (χ1v) is 8.74. The minimum absolute atomic E-state index is 0.0236. The Morgan fingerprint density at radius 1 is 1.33 bits per heavy atom. The second kappa shape index (κ2) is 7.88. The fraction of sp³-hybridized carbons (Fsp3) is 0.529. The summed E-state index contributed by atoms with van der Waals surface area (Å²) < 4.78 is 5.34. The normalized spacial score (nSPS) is 21.7. The van der Waals surface area contributed by atoms with Crippen molar-refractivity contribution in [1.29, 1.82) is 0 Å². The molecule has 1 unspecified atom stereocenters. The molecule has 0 aliphatic heterocycles. The van der Waals surface area contributed by atoms with Gasteiger partial charge < -0.3 is 4.74 Å². The van der Waals surface area contributed by atoms with Crippen LogP contribution in [0.25, 0.3) is 0 Å². The van der Waals surface area contributed by atoms with Crippen LogP contribution in [0, 0.1) is 10.1 Å². The van der Waals surface area contributed by atoms with Gasteiger partial charge in [-0.25, -0.2) is 4.79 Å². The van der Waals surface area contributed by atoms with Gasteiger partial charge in [-0.3, -0.25) is 14.9 Å². The number of hydrogen-bond donors (Lipinski definition) is 0. The number of rotatable bonds is 4. The van der Waals surface area contributed by atoms with Crippen molar-refractivity contribution in [2.75, 3.05) is 7.11 Å². The van der Waals surface area contributed by atoms with Crippen molar-refractivity contribution in [2.24, 2.45) is 0 Å². The molecule has 1 aromatic carbocycles. The van der Waals surface area contributed by atoms with Crippen molar-refractivity contribution in [3.8, 4) is 0 Å². The van der Waals surface area contributed by atoms with Crippen LogP contribution in [-0.4, -0.2) is 29.3 Å². The smallest absolute Gasteiger partial charge is 0.337 e. The summed E-state index contributed by atoms with van der Waals surface area (Å²) in [5.74, 6) is -0.828. The lowest BCUT2D eigenvalue weighted by atomic mass is 9.79. The molecule has 1 aromatic rings. The van der Waals surface area contributed by atoms with Gasteiger partial charge >= 0.3 is 5.97 Å². The van der Waals surface area contributed by atoms with Crippen LogP contribution >= 0.6 is 15.9 Å². The minimum Gasteiger partial charge on any atom is -0.465 e. The number of esters is 1. The molecule has 1 aliphatic rings. The monoisotopic (exact) mass is 397 g/mol. The highest BCUT2D eigenvalue weighted by molar-refractivity contribution is 9.10. The predicted octanol–water partition coefficient (Wildman–Crippen LogP) is 3.72. The molecule has 0 heterocycles. The molecule has 0 saturated heterocycles. The minimum atomic E-state index is -1.61. The second-order valence-electron chi connectivity index (χ2n) is 6.10. The third-order valence-electron chi connectivity index (χ3n) is 4.56. The number of ketones is 1. The molecule has 0 spiro atoms. The molecule has 0 N–H and O–H groups in total. The molecule has 0 radical (unpaired) electrons. The Bertz CT molecular complexity index is 660. The van der Waals surface area contributed by atoms with Gasteiger partial charge in [-0.05, 0) is 36.6 Å². The number of hydrogen-bond acceptors (Lipinski definition) is 5. The predicted molar refractivity (Wildman–Crippen MR) is 91.6 cm³/mol. The van der Waals surface area contributed by atoms with Gasteiger partial charge in [0.25, 0.3) is 5.54 Å². The summed E-state index contributed by atoms with van der Waals surface area (Å²) in [7, 11) is 1.28. The van der Waals surface area contributed by atoms with Gasteiger partial charge in [-0.1, -0.05) is 28.8 Å². The summed E-state index contributed by atoms with van der Waals surface area (Å²) in [6, 6.07) is 4.80. The molecule has 130 valence electrons. The van der Waals surface area contributed by atoms with E-state index >= 15 is 0 Å². The SMILES string of the molecule is COC(=O)c1ccc(Br)c(CC2([N+](=O)[O-])CCCCCCC2=O)c1. The maximum Gasteiger partial charge on any atom is 0.337 e. The highest BCUT2D eigenvalue weighted by Gasteiger charge is 2.50. The van der Waals surface area contributed by atoms with Gasteiger partial charge in [0.15, 0.2) is 0 Å². The van der Waals surface area contributed by atoms with Crippen LogP contribution in [0.2, 0.25) is 0 Å². The first-order valence-electron chi connectivity index (χ1n) is 7.95. The van der Waals surface area contributed by atoms with E-state index in [1.54, 1.807) is 18.2 Å². The Balaban J connectivity index is 2.41. The highest BCUT2D eigenvalue weighted by atomic mass is 79.9. The van der Waals surface area contributed by atoms with Crippen molar-refractivity contribution in [3.63, 3.8) is 0 Å². The molecule has 6 nitrogen and oxygen atoms in total. The number of nitrogens with zero attached hydrogens (tertiary/aromatic N) is 1. The number of Topliss-reactive ketones (excluding diaryl/α,β-unsaturated/α-hetero) is 1. The van der Waals surface area contributed by atoms with E-state index in [0.29, 0.717) is 28.4 Å². The van der Waals surface area contributed by atoms with E-state index < -0.39 is 16.4 Å². The van der Waals surface area contributed by atoms with Crippen molar-refractivity contribution in [1.82, 2.24) is 0 Å². The van der Waals surface area contributed by atoms with E-state index in [0.717, 1.165) is 12.8 Å². The van der Waals surface area contributed by atoms with Gasteiger partial charge in [-0.2, -0.15) is 0 Å². The van der Waals surface area contributed by atoms with Gasteiger partial charge in [-0.15, -0.1) is 0 Å². The van der Waals surface area contributed by atoms with Crippen LogP contribution in [-0.2, 0) is 16.0 Å². The van der Waals surface area contributed by atoms with E-state index in [1.807, 2.05) is 0 Å². The van der Waals surface area contributed by atoms with E-state index in [9.17, 15) is 19.7 Å². The molecule has 0 aromatic heterocycles. The van der Waals surface area contributed by atoms with Gasteiger partial charge in [0, 0.05) is 22.2 Å². The molecule has 1 saturated carbocycles. The average molecular weight is 398 g/mol. The number of ether oxygens (including phenoxy) is 1. The second-order valence-corrected chi connectivity index (χ2v) is 6.95. The highest BCUT2D eigenvalue weighted by Crippen LogP contribution is 2.32. The third-order valence-corrected chi connectivity index (χ3v) is 5.34. The van der Waals surface area contributed by atoms with E-state index in [4.69, 9.17) is 4.74 Å². The maximum absolute atomic E-state index is 12.6. The largest absolute Gasteiger partial charge is 0.465 e. The standard InChI is InChI=1S/C17H20BrNO5/c1-24-16(21)12-7-8-14(18)13(10-12)11-17(19(22)23)9-5-3-2-4-6-15(17)20/h7-8,10H,2-6,9,11H2,1H3. The average Bonchev–Trinajstić information content (AvgIpc) is 2.55. The number of nitro groups is 1. The van der Waals surface area contributed by atoms with Crippen LogP contribution < -0.4 is 0 Å². The Morgan fingerprint density at radius 3 is 2.71 bits per heavy atom. The fourth-order valence-electron chi connectivity index (χ4n) is 3.14. The lowest BCUT2D eigenvalue weighted by Gasteiger charge is -2.26. The topological polar surface area (TPSA) is 86.5 Å². The van der Waals surface area contributed by atoms with E-state index in [-0.39, 0.29) is 25.0 Å². The van der Waals surface area contributed by atoms with E-state index in [2.05, 4.69) is 15.9 Å². The van der Waals surface area contributed by atoms with Crippen molar-refractivity contribution in [2.45, 2.75) is 50.5 Å². The quantitative estimate of drug-likeness (QED) is 0.438. The summed E-state index contributed by atoms with van der Waals surface area (Å²) in [4.78, 5) is 35.7. The fourth-order valence-corrected chi connectivity index (χ4v) is 3.53. The van der Waals surface area contributed by atoms with Gasteiger partial charge in [0.1, 0.15) is 0 Å². The molecule has 2 rings (SSSR count). The summed E-state index contributed by atoms with van der Waals surface area (Å²) in [6.45, 7) is 0. The molecule has 1 atom stereocenters. The van der Waals surface area contributed by atoms with Crippen molar-refractivity contribution >= 4 is 27.7 Å². The Kier molecular flexibility index (Phi) is 6.10. The number of methoxy groups -OCH3 is 1. The lowest BCUT2D eigenvalue weighted by Crippen LogP contribution is -2.49. The van der Waals surface area contributed by atoms with E-state index in [1.165, 1.54) is 7.11 Å². The zero-order valence-corrected chi connectivity index (χ0v) is 15.1. The molecule has 7 heteroatoms. The maximum atomic E-state index is 12.6. The molecular formula is C17H20BrNO5. The molecule has 1 aliphatic carbocycles. The summed E-state index contributed by atoms with van der Waals surface area (Å²) in [6.07, 6.45) is 3.61. The Hall–Kier alpha value is -1.76. The zero-order valence-electron chi connectivity index (χ0n) is 13.5. The van der Waals surface area contributed by atoms with Crippen LogP contribution in [0.5, 0.6) is 0 Å². The lowest BCUT2D eigenvalue weighted by molar-refractivity contribution is -0.553. The van der Waals surface area contributed by atoms with Crippen LogP contribution in [0.4, 0.5) is 0 Å². The van der Waals surface area contributed by atoms with Crippen LogP contribution in [0.1, 0.15) is 54.4 Å². The molecular weight excluding hydrogens is 378 g/mol. The Labute approximate surface area is 148 Å². The molecule has 0 bridgehead atoms. The molecule has 1 fully saturated rings. The summed E-state index contributed by atoms with van der Waals surface area (Å²) in [5, 5.41) is 11.8. The summed E-state index contributed by atoms with van der Waals surface area (Å²) in [5.41, 5.74) is -0.728.